The highest BCUT2D eigenvalue weighted by Crippen LogP contribution is 2.51. The lowest BCUT2D eigenvalue weighted by Gasteiger charge is -2.42. The highest BCUT2D eigenvalue weighted by Gasteiger charge is 2.43. The Labute approximate surface area is 213 Å². The minimum Gasteiger partial charge on any atom is -0.405 e. The number of benzene rings is 2. The minimum absolute atomic E-state index is 0.0372. The predicted molar refractivity (Wildman–Crippen MR) is 128 cm³/mol. The van der Waals surface area contributed by atoms with Gasteiger partial charge in [-0.1, -0.05) is 33.8 Å². The third-order valence-electron chi connectivity index (χ3n) is 6.76. The molecule has 2 aromatic rings. The molecular formula is C26H23F6NO3S. The number of thioether (sulfide) groups is 1. The lowest BCUT2D eigenvalue weighted by Crippen LogP contribution is -2.34. The molecule has 0 spiro atoms. The van der Waals surface area contributed by atoms with Crippen molar-refractivity contribution in [2.45, 2.75) is 63.9 Å². The third kappa shape index (κ3) is 5.51. The van der Waals surface area contributed by atoms with Crippen LogP contribution in [-0.4, -0.2) is 17.5 Å². The molecule has 0 radical (unpaired) electrons. The number of hydrogen-bond acceptors (Lipinski definition) is 4. The molecule has 11 heteroatoms. The number of carbonyl (C=O) groups is 2. The first-order valence-electron chi connectivity index (χ1n) is 11.3. The molecule has 0 aromatic heterocycles. The van der Waals surface area contributed by atoms with Crippen LogP contribution in [0.3, 0.4) is 0 Å². The molecule has 1 saturated heterocycles. The quantitative estimate of drug-likeness (QED) is 0.315. The van der Waals surface area contributed by atoms with Crippen LogP contribution >= 0.6 is 11.8 Å². The Kier molecular flexibility index (Phi) is 6.46. The molecule has 0 saturated carbocycles. The Bertz CT molecular complexity index is 1320. The Morgan fingerprint density at radius 3 is 2.00 bits per heavy atom. The van der Waals surface area contributed by atoms with Crippen LogP contribution in [0.2, 0.25) is 0 Å². The summed E-state index contributed by atoms with van der Waals surface area (Å²) in [7, 11) is 0. The molecule has 0 bridgehead atoms. The van der Waals surface area contributed by atoms with Gasteiger partial charge in [0, 0.05) is 5.56 Å². The number of hydrogen-bond donors (Lipinski definition) is 1. The zero-order valence-electron chi connectivity index (χ0n) is 20.3. The lowest BCUT2D eigenvalue weighted by molar-refractivity contribution is -0.274. The number of ether oxygens (including phenoxy) is 1. The van der Waals surface area contributed by atoms with E-state index in [-0.39, 0.29) is 10.5 Å². The summed E-state index contributed by atoms with van der Waals surface area (Å²) in [5.41, 5.74) is -1.83. The molecule has 2 aromatic carbocycles. The maximum atomic E-state index is 14.4. The summed E-state index contributed by atoms with van der Waals surface area (Å²) in [6.45, 7) is 7.47. The number of amides is 2. The van der Waals surface area contributed by atoms with Crippen molar-refractivity contribution in [2.75, 3.05) is 0 Å². The van der Waals surface area contributed by atoms with E-state index in [1.54, 1.807) is 0 Å². The van der Waals surface area contributed by atoms with Crippen molar-refractivity contribution in [3.8, 4) is 16.9 Å². The molecule has 0 unspecified atom stereocenters. The number of alkyl halides is 6. The van der Waals surface area contributed by atoms with Gasteiger partial charge in [-0.3, -0.25) is 14.9 Å². The molecule has 37 heavy (non-hydrogen) atoms. The van der Waals surface area contributed by atoms with E-state index in [9.17, 15) is 35.9 Å². The summed E-state index contributed by atoms with van der Waals surface area (Å²) in [6.07, 6.45) is -7.48. The number of halogens is 6. The van der Waals surface area contributed by atoms with Crippen LogP contribution in [0.5, 0.6) is 5.75 Å². The average molecular weight is 544 g/mol. The molecule has 198 valence electrons. The topological polar surface area (TPSA) is 55.4 Å². The molecule has 2 aliphatic rings. The molecule has 4 rings (SSSR count). The highest BCUT2D eigenvalue weighted by molar-refractivity contribution is 8.18. The van der Waals surface area contributed by atoms with E-state index in [1.165, 1.54) is 18.2 Å². The molecule has 2 amide bonds. The SMILES string of the molecule is CC1(C)CCC(C)(C)c2cc(C(F)(F)F)c(-c3cc(C=C4SC(=O)NC4=O)ccc3OC(F)(F)F)cc21. The van der Waals surface area contributed by atoms with Crippen LogP contribution in [-0.2, 0) is 21.8 Å². The zero-order valence-corrected chi connectivity index (χ0v) is 21.1. The van der Waals surface area contributed by atoms with Crippen molar-refractivity contribution in [1.29, 1.82) is 0 Å². The first kappa shape index (κ1) is 27.1. The Hall–Kier alpha value is -2.95. The summed E-state index contributed by atoms with van der Waals surface area (Å²) >= 11 is 0.580. The molecule has 1 heterocycles. The van der Waals surface area contributed by atoms with E-state index >= 15 is 0 Å². The van der Waals surface area contributed by atoms with Crippen LogP contribution in [0.1, 0.15) is 62.8 Å². The summed E-state index contributed by atoms with van der Waals surface area (Å²) in [6, 6.07) is 5.53. The van der Waals surface area contributed by atoms with Gasteiger partial charge in [-0.25, -0.2) is 0 Å². The van der Waals surface area contributed by atoms with Gasteiger partial charge in [-0.15, -0.1) is 13.2 Å². The number of fused-ring (bicyclic) bond motifs is 1. The van der Waals surface area contributed by atoms with Crippen molar-refractivity contribution < 1.29 is 40.7 Å². The molecule has 1 fully saturated rings. The number of imide groups is 1. The van der Waals surface area contributed by atoms with Crippen LogP contribution in [0, 0.1) is 0 Å². The van der Waals surface area contributed by atoms with E-state index in [1.807, 2.05) is 27.7 Å². The summed E-state index contributed by atoms with van der Waals surface area (Å²) in [5.74, 6) is -1.52. The van der Waals surface area contributed by atoms with Crippen LogP contribution in [0.15, 0.2) is 35.2 Å². The van der Waals surface area contributed by atoms with Crippen molar-refractivity contribution in [1.82, 2.24) is 5.32 Å². The van der Waals surface area contributed by atoms with Gasteiger partial charge in [-0.2, -0.15) is 13.2 Å². The van der Waals surface area contributed by atoms with Gasteiger partial charge in [0.15, 0.2) is 0 Å². The van der Waals surface area contributed by atoms with Gasteiger partial charge in [0.2, 0.25) is 0 Å². The molecule has 1 N–H and O–H groups in total. The second-order valence-electron chi connectivity index (χ2n) is 10.4. The van der Waals surface area contributed by atoms with Gasteiger partial charge >= 0.3 is 12.5 Å². The fourth-order valence-electron chi connectivity index (χ4n) is 4.71. The van der Waals surface area contributed by atoms with E-state index in [0.717, 1.165) is 18.2 Å². The average Bonchev–Trinajstić information content (AvgIpc) is 3.06. The molecule has 0 atom stereocenters. The normalized spacial score (nSPS) is 20.1. The Balaban J connectivity index is 2.01. The molecule has 1 aliphatic heterocycles. The fourth-order valence-corrected chi connectivity index (χ4v) is 5.39. The largest absolute Gasteiger partial charge is 0.573 e. The monoisotopic (exact) mass is 543 g/mol. The van der Waals surface area contributed by atoms with Crippen LogP contribution in [0.25, 0.3) is 17.2 Å². The van der Waals surface area contributed by atoms with Crippen molar-refractivity contribution >= 4 is 29.0 Å². The maximum absolute atomic E-state index is 14.4. The van der Waals surface area contributed by atoms with E-state index < -0.39 is 57.0 Å². The number of carbonyl (C=O) groups excluding carboxylic acids is 2. The predicted octanol–water partition coefficient (Wildman–Crippen LogP) is 7.94. The van der Waals surface area contributed by atoms with Crippen LogP contribution in [0.4, 0.5) is 31.1 Å². The second-order valence-corrected chi connectivity index (χ2v) is 11.4. The van der Waals surface area contributed by atoms with Gasteiger partial charge in [0.25, 0.3) is 11.1 Å². The number of rotatable bonds is 3. The minimum atomic E-state index is -5.16. The summed E-state index contributed by atoms with van der Waals surface area (Å²) in [5, 5.41) is 1.42. The standard InChI is InChI=1S/C26H23F6NO3S/c1-23(2)7-8-24(3,4)18-12-16(25(27,28)29)14(11-17(18)23)15-9-13(5-6-19(15)36-26(30,31)32)10-20-21(34)33-22(35)37-20/h5-6,9-12H,7-8H2,1-4H3,(H,33,34,35). The van der Waals surface area contributed by atoms with E-state index in [0.29, 0.717) is 35.7 Å². The second kappa shape index (κ2) is 8.82. The van der Waals surface area contributed by atoms with Crippen molar-refractivity contribution in [2.24, 2.45) is 0 Å². The highest BCUT2D eigenvalue weighted by atomic mass is 32.2. The fraction of sp³-hybridized carbons (Fsp3) is 0.385. The number of nitrogens with one attached hydrogen (secondary N) is 1. The Morgan fingerprint density at radius 1 is 0.892 bits per heavy atom. The first-order chi connectivity index (χ1) is 16.9. The maximum Gasteiger partial charge on any atom is 0.573 e. The molecular weight excluding hydrogens is 520 g/mol. The third-order valence-corrected chi connectivity index (χ3v) is 7.57. The summed E-state index contributed by atoms with van der Waals surface area (Å²) < 4.78 is 87.0. The first-order valence-corrected chi connectivity index (χ1v) is 12.1. The van der Waals surface area contributed by atoms with E-state index in [4.69, 9.17) is 0 Å². The van der Waals surface area contributed by atoms with Crippen molar-refractivity contribution in [3.63, 3.8) is 0 Å². The lowest BCUT2D eigenvalue weighted by atomic mass is 9.62. The molecule has 1 aliphatic carbocycles. The van der Waals surface area contributed by atoms with Gasteiger partial charge in [0.05, 0.1) is 10.5 Å². The van der Waals surface area contributed by atoms with Crippen molar-refractivity contribution in [3.05, 3.63) is 57.5 Å². The van der Waals surface area contributed by atoms with Gasteiger partial charge < -0.3 is 4.74 Å². The van der Waals surface area contributed by atoms with E-state index in [2.05, 4.69) is 10.1 Å². The Morgan fingerprint density at radius 2 is 1.49 bits per heavy atom. The van der Waals surface area contributed by atoms with Crippen LogP contribution < -0.4 is 10.1 Å². The molecule has 4 nitrogen and oxygen atoms in total. The van der Waals surface area contributed by atoms with Gasteiger partial charge in [-0.05, 0) is 88.0 Å². The zero-order chi connectivity index (χ0) is 27.6. The van der Waals surface area contributed by atoms with Gasteiger partial charge in [0.1, 0.15) is 5.75 Å². The summed E-state index contributed by atoms with van der Waals surface area (Å²) in [4.78, 5) is 23.4. The smallest absolute Gasteiger partial charge is 0.405 e.